The number of carbonyl (C=O) groups is 1. The summed E-state index contributed by atoms with van der Waals surface area (Å²) in [7, 11) is 0. The van der Waals surface area contributed by atoms with Gasteiger partial charge in [0.25, 0.3) is 0 Å². The molecule has 20 heavy (non-hydrogen) atoms. The van der Waals surface area contributed by atoms with Gasteiger partial charge in [0.15, 0.2) is 0 Å². The molecule has 2 fully saturated rings. The third-order valence-electron chi connectivity index (χ3n) is 5.02. The van der Waals surface area contributed by atoms with Crippen molar-refractivity contribution >= 4 is 5.91 Å². The van der Waals surface area contributed by atoms with Crippen LogP contribution >= 0.6 is 0 Å². The summed E-state index contributed by atoms with van der Waals surface area (Å²) in [6, 6.07) is 0.377. The normalized spacial score (nSPS) is 23.0. The number of piperidine rings is 1. The predicted octanol–water partition coefficient (Wildman–Crippen LogP) is 2.29. The summed E-state index contributed by atoms with van der Waals surface area (Å²) in [4.78, 5) is 14.8. The lowest BCUT2D eigenvalue weighted by molar-refractivity contribution is -0.129. The van der Waals surface area contributed by atoms with Gasteiger partial charge in [0.2, 0.25) is 5.91 Å². The van der Waals surface area contributed by atoms with Gasteiger partial charge in [-0.25, -0.2) is 0 Å². The molecule has 0 aromatic rings. The van der Waals surface area contributed by atoms with E-state index in [-0.39, 0.29) is 6.84 Å². The monoisotopic (exact) mass is 284 g/mol. The second kappa shape index (κ2) is 6.90. The molecule has 118 valence electrons. The van der Waals surface area contributed by atoms with Crippen LogP contribution in [0.4, 0.5) is 0 Å². The van der Waals surface area contributed by atoms with Crippen molar-refractivity contribution in [2.24, 2.45) is 11.3 Å². The van der Waals surface area contributed by atoms with Crippen molar-refractivity contribution in [1.82, 2.24) is 10.2 Å². The third kappa shape index (κ3) is 3.73. The van der Waals surface area contributed by atoms with Crippen LogP contribution in [0.25, 0.3) is 0 Å². The molecular weight excluding hydrogens is 252 g/mol. The van der Waals surface area contributed by atoms with Crippen molar-refractivity contribution in [3.05, 3.63) is 0 Å². The molecule has 2 rings (SSSR count). The zero-order chi connectivity index (χ0) is 14.6. The zero-order valence-corrected chi connectivity index (χ0v) is 13.3. The van der Waals surface area contributed by atoms with Crippen LogP contribution in [0.3, 0.4) is 0 Å². The molecule has 1 amide bonds. The number of amides is 1. The number of ether oxygens (including phenoxy) is 1. The maximum Gasteiger partial charge on any atom is 0.226 e. The summed E-state index contributed by atoms with van der Waals surface area (Å²) in [5, 5.41) is 3.29. The topological polar surface area (TPSA) is 41.6 Å². The first kappa shape index (κ1) is 15.8. The Bertz CT molecular complexity index is 324. The summed E-state index contributed by atoms with van der Waals surface area (Å²) < 4.78 is 5.40. The minimum atomic E-state index is -0.0356. The lowest BCUT2D eigenvalue weighted by Gasteiger charge is -2.33. The minimum absolute atomic E-state index is 0. The quantitative estimate of drug-likeness (QED) is 0.729. The van der Waals surface area contributed by atoms with Crippen LogP contribution in [0, 0.1) is 11.3 Å². The maximum absolute atomic E-state index is 12.4. The molecule has 1 heterocycles. The van der Waals surface area contributed by atoms with Gasteiger partial charge in [0.05, 0.1) is 12.0 Å². The van der Waals surface area contributed by atoms with Crippen LogP contribution in [-0.4, -0.2) is 49.7 Å². The first-order valence-electron chi connectivity index (χ1n) is 8.19. The van der Waals surface area contributed by atoms with Crippen molar-refractivity contribution in [1.29, 1.82) is 0 Å². The largest absolute Gasteiger partial charge is 0.380 e. The second-order valence-electron chi connectivity index (χ2n) is 6.60. The number of likely N-dealkylation sites (tertiary alicyclic amines) is 1. The molecule has 0 atom stereocenters. The highest BCUT2D eigenvalue weighted by atomic mass is 16.5. The highest BCUT2D eigenvalue weighted by Gasteiger charge is 2.52. The number of carbonyl (C=O) groups excluding carboxylic acids is 1. The predicted molar refractivity (Wildman–Crippen MR) is 82.7 cm³/mol. The standard InChI is InChI=1S/C16H30N2O2.H2/c1-4-20-12-11-18-9-5-14(6-10-18)17-15(19)16(7-8-16)13(2)3;/h13-14H,4-12H2,1-3H3,(H,17,19);1H. The SMILES string of the molecule is CCOCCN1CCC(NC(=O)C2(C(C)C)CC2)CC1.[HH]. The van der Waals surface area contributed by atoms with Crippen molar-refractivity contribution in [3.63, 3.8) is 0 Å². The van der Waals surface area contributed by atoms with Crippen molar-refractivity contribution < 1.29 is 11.0 Å². The van der Waals surface area contributed by atoms with Gasteiger partial charge in [-0.2, -0.15) is 0 Å². The van der Waals surface area contributed by atoms with Gasteiger partial charge < -0.3 is 15.0 Å². The lowest BCUT2D eigenvalue weighted by Crippen LogP contribution is -2.48. The fourth-order valence-corrected chi connectivity index (χ4v) is 3.17. The van der Waals surface area contributed by atoms with Crippen molar-refractivity contribution in [2.45, 2.75) is 52.5 Å². The van der Waals surface area contributed by atoms with E-state index >= 15 is 0 Å². The van der Waals surface area contributed by atoms with E-state index in [0.717, 1.165) is 58.5 Å². The van der Waals surface area contributed by atoms with E-state index in [1.54, 1.807) is 0 Å². The van der Waals surface area contributed by atoms with E-state index in [1.165, 1.54) is 0 Å². The number of hydrogen-bond acceptors (Lipinski definition) is 3. The van der Waals surface area contributed by atoms with Crippen LogP contribution in [0.2, 0.25) is 0 Å². The summed E-state index contributed by atoms with van der Waals surface area (Å²) >= 11 is 0. The van der Waals surface area contributed by atoms with Gasteiger partial charge in [0, 0.05) is 33.7 Å². The van der Waals surface area contributed by atoms with E-state index in [1.807, 2.05) is 6.92 Å². The first-order chi connectivity index (χ1) is 9.58. The number of nitrogens with one attached hydrogen (secondary N) is 1. The summed E-state index contributed by atoms with van der Waals surface area (Å²) in [6.45, 7) is 11.2. The molecule has 0 aromatic carbocycles. The Morgan fingerprint density at radius 2 is 2.05 bits per heavy atom. The molecule has 1 N–H and O–H groups in total. The van der Waals surface area contributed by atoms with Crippen molar-refractivity contribution in [2.75, 3.05) is 32.8 Å². The molecule has 4 nitrogen and oxygen atoms in total. The van der Waals surface area contributed by atoms with E-state index in [2.05, 4.69) is 24.1 Å². The molecule has 0 radical (unpaired) electrons. The highest BCUT2D eigenvalue weighted by Crippen LogP contribution is 2.52. The molecule has 1 saturated heterocycles. The first-order valence-corrected chi connectivity index (χ1v) is 8.19. The fraction of sp³-hybridized carbons (Fsp3) is 0.938. The molecule has 1 saturated carbocycles. The zero-order valence-electron chi connectivity index (χ0n) is 13.3. The van der Waals surface area contributed by atoms with Crippen LogP contribution in [0.15, 0.2) is 0 Å². The average Bonchev–Trinajstić information content (AvgIpc) is 3.22. The van der Waals surface area contributed by atoms with Gasteiger partial charge in [-0.1, -0.05) is 13.8 Å². The summed E-state index contributed by atoms with van der Waals surface area (Å²) in [5.41, 5.74) is -0.0356. The van der Waals surface area contributed by atoms with Gasteiger partial charge in [0.1, 0.15) is 0 Å². The van der Waals surface area contributed by atoms with E-state index < -0.39 is 0 Å². The van der Waals surface area contributed by atoms with Gasteiger partial charge in [-0.15, -0.1) is 0 Å². The van der Waals surface area contributed by atoms with Gasteiger partial charge >= 0.3 is 0 Å². The third-order valence-corrected chi connectivity index (χ3v) is 5.02. The Morgan fingerprint density at radius 3 is 2.55 bits per heavy atom. The lowest BCUT2D eigenvalue weighted by atomic mass is 9.90. The van der Waals surface area contributed by atoms with Crippen LogP contribution in [-0.2, 0) is 9.53 Å². The van der Waals surface area contributed by atoms with Crippen molar-refractivity contribution in [3.8, 4) is 0 Å². The van der Waals surface area contributed by atoms with E-state index in [0.29, 0.717) is 17.9 Å². The minimum Gasteiger partial charge on any atom is -0.380 e. The summed E-state index contributed by atoms with van der Waals surface area (Å²) in [5.74, 6) is 0.772. The number of nitrogens with zero attached hydrogens (tertiary/aromatic N) is 1. The second-order valence-corrected chi connectivity index (χ2v) is 6.60. The van der Waals surface area contributed by atoms with E-state index in [9.17, 15) is 4.79 Å². The Labute approximate surface area is 124 Å². The number of rotatable bonds is 7. The Balaban J connectivity index is 0.00000220. The van der Waals surface area contributed by atoms with Gasteiger partial charge in [-0.05, 0) is 38.5 Å². The Morgan fingerprint density at radius 1 is 1.40 bits per heavy atom. The Kier molecular flexibility index (Phi) is 5.44. The van der Waals surface area contributed by atoms with Crippen LogP contribution in [0.1, 0.15) is 47.9 Å². The van der Waals surface area contributed by atoms with Crippen LogP contribution in [0.5, 0.6) is 0 Å². The van der Waals surface area contributed by atoms with Gasteiger partial charge in [-0.3, -0.25) is 4.79 Å². The maximum atomic E-state index is 12.4. The molecule has 0 spiro atoms. The smallest absolute Gasteiger partial charge is 0.226 e. The molecule has 0 bridgehead atoms. The molecule has 0 unspecified atom stereocenters. The highest BCUT2D eigenvalue weighted by molar-refractivity contribution is 5.85. The molecule has 1 aliphatic heterocycles. The molecule has 4 heteroatoms. The molecule has 2 aliphatic rings. The molecular formula is C16H32N2O2. The average molecular weight is 284 g/mol. The molecule has 1 aliphatic carbocycles. The van der Waals surface area contributed by atoms with Crippen LogP contribution < -0.4 is 5.32 Å². The number of hydrogen-bond donors (Lipinski definition) is 1. The summed E-state index contributed by atoms with van der Waals surface area (Å²) in [6.07, 6.45) is 4.30. The van der Waals surface area contributed by atoms with E-state index in [4.69, 9.17) is 4.74 Å². The molecule has 0 aromatic heterocycles. The fourth-order valence-electron chi connectivity index (χ4n) is 3.17. The Hall–Kier alpha value is -0.610.